The molecule has 0 saturated carbocycles. The maximum atomic E-state index is 11.2. The number of esters is 1. The van der Waals surface area contributed by atoms with Crippen LogP contribution in [0.4, 0.5) is 0 Å². The first-order valence-corrected chi connectivity index (χ1v) is 6.05. The van der Waals surface area contributed by atoms with Crippen LogP contribution in [-0.4, -0.2) is 25.5 Å². The quantitative estimate of drug-likeness (QED) is 0.672. The minimum absolute atomic E-state index is 0.405. The summed E-state index contributed by atoms with van der Waals surface area (Å²) in [6.45, 7) is 0.405. The number of methoxy groups -OCH3 is 1. The molecule has 4 nitrogen and oxygen atoms in total. The Morgan fingerprint density at radius 3 is 2.63 bits per heavy atom. The molecule has 0 aromatic heterocycles. The van der Waals surface area contributed by atoms with E-state index in [0.717, 1.165) is 10.9 Å². The molecular formula is C15H15NO3. The molecule has 0 fully saturated rings. The summed E-state index contributed by atoms with van der Waals surface area (Å²) < 4.78 is 4.33. The lowest BCUT2D eigenvalue weighted by Gasteiger charge is -2.07. The number of benzene rings is 2. The second kappa shape index (κ2) is 6.00. The van der Waals surface area contributed by atoms with Crippen LogP contribution in [0.25, 0.3) is 10.8 Å². The van der Waals surface area contributed by atoms with E-state index in [1.165, 1.54) is 12.5 Å². The van der Waals surface area contributed by atoms with Crippen molar-refractivity contribution in [1.82, 2.24) is 5.32 Å². The van der Waals surface area contributed by atoms with Gasteiger partial charge in [-0.3, -0.25) is 4.79 Å². The molecule has 0 aliphatic heterocycles. The molecular weight excluding hydrogens is 242 g/mol. The molecule has 0 bridgehead atoms. The van der Waals surface area contributed by atoms with E-state index in [9.17, 15) is 9.59 Å². The summed E-state index contributed by atoms with van der Waals surface area (Å²) in [7, 11) is 1.19. The number of fused-ring (bicyclic) bond motifs is 1. The van der Waals surface area contributed by atoms with E-state index in [2.05, 4.69) is 10.1 Å². The number of carbonyl (C=O) groups excluding carboxylic acids is 2. The Kier molecular flexibility index (Phi) is 4.13. The molecule has 0 aliphatic rings. The molecule has 0 radical (unpaired) electrons. The third-order valence-corrected chi connectivity index (χ3v) is 2.93. The molecule has 19 heavy (non-hydrogen) atoms. The first kappa shape index (κ1) is 13.1. The predicted molar refractivity (Wildman–Crippen MR) is 72.7 cm³/mol. The molecule has 4 heteroatoms. The molecule has 2 aromatic carbocycles. The smallest absolute Gasteiger partial charge is 0.396 e. The van der Waals surface area contributed by atoms with E-state index in [4.69, 9.17) is 0 Å². The van der Waals surface area contributed by atoms with Gasteiger partial charge in [0.25, 0.3) is 0 Å². The van der Waals surface area contributed by atoms with Crippen LogP contribution in [0, 0.1) is 0 Å². The van der Waals surface area contributed by atoms with Crippen LogP contribution in [0.2, 0.25) is 0 Å². The summed E-state index contributed by atoms with van der Waals surface area (Å²) in [6, 6.07) is 14.1. The molecule has 0 aliphatic carbocycles. The normalized spacial score (nSPS) is 10.2. The van der Waals surface area contributed by atoms with Crippen molar-refractivity contribution in [3.8, 4) is 0 Å². The van der Waals surface area contributed by atoms with Crippen molar-refractivity contribution in [3.05, 3.63) is 48.0 Å². The average molecular weight is 257 g/mol. The van der Waals surface area contributed by atoms with Gasteiger partial charge in [-0.1, -0.05) is 42.5 Å². The fraction of sp³-hybridized carbons (Fsp3) is 0.200. The van der Waals surface area contributed by atoms with Crippen molar-refractivity contribution in [2.75, 3.05) is 13.7 Å². The van der Waals surface area contributed by atoms with Gasteiger partial charge in [-0.05, 0) is 22.8 Å². The van der Waals surface area contributed by atoms with Crippen LogP contribution in [0.5, 0.6) is 0 Å². The van der Waals surface area contributed by atoms with Crippen molar-refractivity contribution in [1.29, 1.82) is 0 Å². The number of ether oxygens (including phenoxy) is 1. The zero-order chi connectivity index (χ0) is 13.7. The molecule has 0 unspecified atom stereocenters. The second-order valence-corrected chi connectivity index (χ2v) is 4.14. The number of hydrogen-bond donors (Lipinski definition) is 1. The van der Waals surface area contributed by atoms with Crippen molar-refractivity contribution in [2.24, 2.45) is 0 Å². The average Bonchev–Trinajstić information content (AvgIpc) is 2.46. The SMILES string of the molecule is COC(=O)C(=O)NCCc1cccc2ccccc12. The molecule has 0 heterocycles. The minimum Gasteiger partial charge on any atom is -0.462 e. The predicted octanol–water partition coefficient (Wildman–Crippen LogP) is 1.67. The second-order valence-electron chi connectivity index (χ2n) is 4.14. The first-order chi connectivity index (χ1) is 9.22. The Balaban J connectivity index is 2.02. The fourth-order valence-corrected chi connectivity index (χ4v) is 1.99. The van der Waals surface area contributed by atoms with Gasteiger partial charge in [0, 0.05) is 6.54 Å². The molecule has 0 spiro atoms. The zero-order valence-electron chi connectivity index (χ0n) is 10.7. The lowest BCUT2D eigenvalue weighted by atomic mass is 10.0. The van der Waals surface area contributed by atoms with E-state index >= 15 is 0 Å². The van der Waals surface area contributed by atoms with Gasteiger partial charge < -0.3 is 10.1 Å². The highest BCUT2D eigenvalue weighted by atomic mass is 16.5. The van der Waals surface area contributed by atoms with Crippen molar-refractivity contribution in [3.63, 3.8) is 0 Å². The van der Waals surface area contributed by atoms with E-state index < -0.39 is 11.9 Å². The van der Waals surface area contributed by atoms with Crippen molar-refractivity contribution >= 4 is 22.6 Å². The minimum atomic E-state index is -0.863. The highest BCUT2D eigenvalue weighted by Gasteiger charge is 2.12. The largest absolute Gasteiger partial charge is 0.462 e. The van der Waals surface area contributed by atoms with E-state index in [1.54, 1.807) is 0 Å². The zero-order valence-corrected chi connectivity index (χ0v) is 10.7. The summed E-state index contributed by atoms with van der Waals surface area (Å²) in [4.78, 5) is 22.2. The van der Waals surface area contributed by atoms with Gasteiger partial charge in [-0.25, -0.2) is 4.79 Å². The highest BCUT2D eigenvalue weighted by molar-refractivity contribution is 6.32. The van der Waals surface area contributed by atoms with E-state index in [1.807, 2.05) is 42.5 Å². The van der Waals surface area contributed by atoms with E-state index in [0.29, 0.717) is 13.0 Å². The standard InChI is InChI=1S/C15H15NO3/c1-19-15(18)14(17)16-10-9-12-7-4-6-11-5-2-3-8-13(11)12/h2-8H,9-10H2,1H3,(H,16,17). The molecule has 0 saturated heterocycles. The Bertz CT molecular complexity index is 602. The van der Waals surface area contributed by atoms with Crippen molar-refractivity contribution in [2.45, 2.75) is 6.42 Å². The Hall–Kier alpha value is -2.36. The van der Waals surface area contributed by atoms with Gasteiger partial charge in [0.15, 0.2) is 0 Å². The fourth-order valence-electron chi connectivity index (χ4n) is 1.99. The number of hydrogen-bond acceptors (Lipinski definition) is 3. The van der Waals surface area contributed by atoms with Crippen LogP contribution in [-0.2, 0) is 20.7 Å². The lowest BCUT2D eigenvalue weighted by Crippen LogP contribution is -2.33. The van der Waals surface area contributed by atoms with Crippen LogP contribution < -0.4 is 5.32 Å². The van der Waals surface area contributed by atoms with Gasteiger partial charge in [0.1, 0.15) is 0 Å². The third kappa shape index (κ3) is 3.10. The van der Waals surface area contributed by atoms with Gasteiger partial charge in [-0.15, -0.1) is 0 Å². The highest BCUT2D eigenvalue weighted by Crippen LogP contribution is 2.18. The monoisotopic (exact) mass is 257 g/mol. The van der Waals surface area contributed by atoms with Crippen molar-refractivity contribution < 1.29 is 14.3 Å². The number of nitrogens with one attached hydrogen (secondary N) is 1. The van der Waals surface area contributed by atoms with E-state index in [-0.39, 0.29) is 0 Å². The topological polar surface area (TPSA) is 55.4 Å². The summed E-state index contributed by atoms with van der Waals surface area (Å²) in [6.07, 6.45) is 0.671. The Morgan fingerprint density at radius 1 is 1.11 bits per heavy atom. The van der Waals surface area contributed by atoms with Gasteiger partial charge in [0.2, 0.25) is 0 Å². The summed E-state index contributed by atoms with van der Waals surface area (Å²) in [5.41, 5.74) is 1.14. The number of amides is 1. The Labute approximate surface area is 111 Å². The molecule has 1 N–H and O–H groups in total. The summed E-state index contributed by atoms with van der Waals surface area (Å²) in [5, 5.41) is 4.86. The van der Waals surface area contributed by atoms with Crippen LogP contribution in [0.3, 0.4) is 0 Å². The number of carbonyl (C=O) groups is 2. The van der Waals surface area contributed by atoms with Crippen LogP contribution >= 0.6 is 0 Å². The molecule has 2 rings (SSSR count). The summed E-state index contributed by atoms with van der Waals surface area (Å²) in [5.74, 6) is -1.57. The molecule has 0 atom stereocenters. The van der Waals surface area contributed by atoms with Crippen LogP contribution in [0.15, 0.2) is 42.5 Å². The van der Waals surface area contributed by atoms with Gasteiger partial charge in [0.05, 0.1) is 7.11 Å². The van der Waals surface area contributed by atoms with Gasteiger partial charge >= 0.3 is 11.9 Å². The lowest BCUT2D eigenvalue weighted by molar-refractivity contribution is -0.152. The maximum Gasteiger partial charge on any atom is 0.396 e. The third-order valence-electron chi connectivity index (χ3n) is 2.93. The Morgan fingerprint density at radius 2 is 1.84 bits per heavy atom. The van der Waals surface area contributed by atoms with Crippen LogP contribution in [0.1, 0.15) is 5.56 Å². The number of rotatable bonds is 3. The van der Waals surface area contributed by atoms with Gasteiger partial charge in [-0.2, -0.15) is 0 Å². The summed E-state index contributed by atoms with van der Waals surface area (Å²) >= 11 is 0. The molecule has 1 amide bonds. The molecule has 2 aromatic rings. The molecule has 98 valence electrons. The first-order valence-electron chi connectivity index (χ1n) is 6.05. The maximum absolute atomic E-state index is 11.2.